The Morgan fingerprint density at radius 3 is 2.71 bits per heavy atom. The van der Waals surface area contributed by atoms with Crippen molar-refractivity contribution in [3.63, 3.8) is 0 Å². The number of carbonyl (C=O) groups excluding carboxylic acids is 1. The van der Waals surface area contributed by atoms with E-state index in [2.05, 4.69) is 22.2 Å². The van der Waals surface area contributed by atoms with Crippen molar-refractivity contribution in [2.45, 2.75) is 6.92 Å². The molecule has 0 spiro atoms. The second kappa shape index (κ2) is 6.96. The van der Waals surface area contributed by atoms with Crippen molar-refractivity contribution in [3.05, 3.63) is 78.5 Å². The Kier molecular flexibility index (Phi) is 4.57. The minimum Gasteiger partial charge on any atom is -0.354 e. The highest BCUT2D eigenvalue weighted by Gasteiger charge is 2.15. The van der Waals surface area contributed by atoms with E-state index in [9.17, 15) is 4.79 Å². The number of fused-ring (bicyclic) bond motifs is 1. The fraction of sp³-hybridized carbons (Fsp3) is 0.100. The maximum Gasteiger partial charge on any atom is 0.255 e. The number of nitrogens with zero attached hydrogens (tertiary/aromatic N) is 1. The molecule has 0 saturated heterocycles. The second-order valence-electron chi connectivity index (χ2n) is 5.50. The van der Waals surface area contributed by atoms with Crippen LogP contribution in [0.2, 0.25) is 0 Å². The highest BCUT2D eigenvalue weighted by molar-refractivity contribution is 6.08. The number of hydrogen-bond acceptors (Lipinski definition) is 3. The molecule has 0 bridgehead atoms. The maximum absolute atomic E-state index is 12.5. The van der Waals surface area contributed by atoms with E-state index in [0.717, 1.165) is 27.8 Å². The molecule has 3 rings (SSSR count). The lowest BCUT2D eigenvalue weighted by Crippen LogP contribution is -2.24. The number of aromatic nitrogens is 1. The lowest BCUT2D eigenvalue weighted by Gasteiger charge is -2.16. The summed E-state index contributed by atoms with van der Waals surface area (Å²) in [7, 11) is 0. The zero-order valence-corrected chi connectivity index (χ0v) is 13.5. The van der Waals surface area contributed by atoms with Crippen molar-refractivity contribution in [1.29, 1.82) is 0 Å². The summed E-state index contributed by atoms with van der Waals surface area (Å²) < 4.78 is 0. The van der Waals surface area contributed by atoms with Crippen LogP contribution in [0.4, 0.5) is 11.4 Å². The van der Waals surface area contributed by atoms with Crippen LogP contribution < -0.4 is 10.6 Å². The van der Waals surface area contributed by atoms with Crippen LogP contribution in [0.3, 0.4) is 0 Å². The Hall–Kier alpha value is -3.14. The summed E-state index contributed by atoms with van der Waals surface area (Å²) in [4.78, 5) is 16.9. The number of benzene rings is 2. The molecule has 0 fully saturated rings. The van der Waals surface area contributed by atoms with Crippen LogP contribution in [0.1, 0.15) is 15.9 Å². The van der Waals surface area contributed by atoms with Crippen molar-refractivity contribution in [2.75, 3.05) is 11.9 Å². The summed E-state index contributed by atoms with van der Waals surface area (Å²) in [6.07, 6.45) is 3.27. The van der Waals surface area contributed by atoms with Crippen LogP contribution in [0.25, 0.3) is 10.9 Å². The van der Waals surface area contributed by atoms with Gasteiger partial charge >= 0.3 is 0 Å². The molecule has 0 atom stereocenters. The first kappa shape index (κ1) is 15.7. The molecule has 2 aromatic carbocycles. The Bertz CT molecular complexity index is 902. The van der Waals surface area contributed by atoms with Crippen molar-refractivity contribution in [3.8, 4) is 0 Å². The molecule has 4 heteroatoms. The van der Waals surface area contributed by atoms with Gasteiger partial charge in [-0.2, -0.15) is 0 Å². The minimum absolute atomic E-state index is 0.177. The van der Waals surface area contributed by atoms with Gasteiger partial charge in [0.1, 0.15) is 0 Å². The van der Waals surface area contributed by atoms with Gasteiger partial charge in [0.25, 0.3) is 5.91 Å². The molecule has 0 unspecified atom stereocenters. The van der Waals surface area contributed by atoms with Crippen LogP contribution in [0.5, 0.6) is 0 Å². The second-order valence-corrected chi connectivity index (χ2v) is 5.50. The minimum atomic E-state index is -0.177. The molecule has 0 aliphatic heterocycles. The van der Waals surface area contributed by atoms with E-state index in [1.54, 1.807) is 12.3 Å². The average molecular weight is 317 g/mol. The zero-order chi connectivity index (χ0) is 16.9. The first-order valence-corrected chi connectivity index (χ1v) is 7.80. The molecule has 1 amide bonds. The van der Waals surface area contributed by atoms with Crippen LogP contribution in [-0.2, 0) is 0 Å². The van der Waals surface area contributed by atoms with Gasteiger partial charge in [0.15, 0.2) is 0 Å². The lowest BCUT2D eigenvalue weighted by molar-refractivity contribution is 0.0958. The fourth-order valence-corrected chi connectivity index (χ4v) is 2.56. The van der Waals surface area contributed by atoms with Gasteiger partial charge in [-0.3, -0.25) is 9.78 Å². The van der Waals surface area contributed by atoms with Gasteiger partial charge in [-0.15, -0.1) is 6.58 Å². The number of amides is 1. The average Bonchev–Trinajstić information content (AvgIpc) is 2.61. The van der Waals surface area contributed by atoms with Gasteiger partial charge in [0, 0.05) is 23.8 Å². The monoisotopic (exact) mass is 317 g/mol. The summed E-state index contributed by atoms with van der Waals surface area (Å²) in [5.74, 6) is -0.177. The number of nitrogens with one attached hydrogen (secondary N) is 2. The standard InChI is InChI=1S/C20H19N3O/c1-3-12-21-20(24)16-13-22-18-11-7-5-9-15(18)19(16)23-17-10-6-4-8-14(17)2/h3-11,13H,1,12H2,2H3,(H,21,24)(H,22,23). The number of pyridine rings is 1. The number of carbonyl (C=O) groups is 1. The van der Waals surface area contributed by atoms with Crippen molar-refractivity contribution in [2.24, 2.45) is 0 Å². The van der Waals surface area contributed by atoms with Gasteiger partial charge in [-0.05, 0) is 24.6 Å². The molecular formula is C20H19N3O. The quantitative estimate of drug-likeness (QED) is 0.693. The van der Waals surface area contributed by atoms with E-state index in [4.69, 9.17) is 0 Å². The van der Waals surface area contributed by atoms with Crippen molar-refractivity contribution in [1.82, 2.24) is 10.3 Å². The molecular weight excluding hydrogens is 298 g/mol. The number of para-hydroxylation sites is 2. The van der Waals surface area contributed by atoms with E-state index in [0.29, 0.717) is 12.1 Å². The van der Waals surface area contributed by atoms with E-state index < -0.39 is 0 Å². The number of aryl methyl sites for hydroxylation is 1. The van der Waals surface area contributed by atoms with Crippen molar-refractivity contribution >= 4 is 28.2 Å². The lowest BCUT2D eigenvalue weighted by atomic mass is 10.1. The topological polar surface area (TPSA) is 54.0 Å². The third-order valence-corrected chi connectivity index (χ3v) is 3.83. The van der Waals surface area contributed by atoms with Gasteiger partial charge in [0.05, 0.1) is 16.8 Å². The van der Waals surface area contributed by atoms with E-state index in [1.165, 1.54) is 0 Å². The van der Waals surface area contributed by atoms with Crippen LogP contribution in [0, 0.1) is 6.92 Å². The molecule has 24 heavy (non-hydrogen) atoms. The zero-order valence-electron chi connectivity index (χ0n) is 13.5. The molecule has 0 radical (unpaired) electrons. The summed E-state index contributed by atoms with van der Waals surface area (Å²) in [5.41, 5.74) is 4.19. The Balaban J connectivity index is 2.12. The molecule has 120 valence electrons. The van der Waals surface area contributed by atoms with Crippen LogP contribution >= 0.6 is 0 Å². The van der Waals surface area contributed by atoms with Gasteiger partial charge < -0.3 is 10.6 Å². The van der Waals surface area contributed by atoms with E-state index >= 15 is 0 Å². The third kappa shape index (κ3) is 3.13. The Labute approximate surface area is 141 Å². The van der Waals surface area contributed by atoms with Gasteiger partial charge in [-0.25, -0.2) is 0 Å². The maximum atomic E-state index is 12.5. The molecule has 4 nitrogen and oxygen atoms in total. The van der Waals surface area contributed by atoms with Crippen molar-refractivity contribution < 1.29 is 4.79 Å². The SMILES string of the molecule is C=CCNC(=O)c1cnc2ccccc2c1Nc1ccccc1C. The first-order valence-electron chi connectivity index (χ1n) is 7.80. The Morgan fingerprint density at radius 2 is 1.92 bits per heavy atom. The summed E-state index contributed by atoms with van der Waals surface area (Å²) in [6.45, 7) is 6.08. The summed E-state index contributed by atoms with van der Waals surface area (Å²) in [5, 5.41) is 7.14. The molecule has 1 heterocycles. The molecule has 3 aromatic rings. The number of hydrogen-bond donors (Lipinski definition) is 2. The predicted molar refractivity (Wildman–Crippen MR) is 98.7 cm³/mol. The Morgan fingerprint density at radius 1 is 1.17 bits per heavy atom. The fourth-order valence-electron chi connectivity index (χ4n) is 2.56. The summed E-state index contributed by atoms with van der Waals surface area (Å²) in [6, 6.07) is 15.8. The van der Waals surface area contributed by atoms with E-state index in [1.807, 2.05) is 55.5 Å². The predicted octanol–water partition coefficient (Wildman–Crippen LogP) is 4.20. The molecule has 1 aromatic heterocycles. The van der Waals surface area contributed by atoms with Crippen LogP contribution in [0.15, 0.2) is 67.4 Å². The summed E-state index contributed by atoms with van der Waals surface area (Å²) >= 11 is 0. The van der Waals surface area contributed by atoms with E-state index in [-0.39, 0.29) is 5.91 Å². The third-order valence-electron chi connectivity index (χ3n) is 3.83. The number of rotatable bonds is 5. The molecule has 0 aliphatic carbocycles. The normalized spacial score (nSPS) is 10.4. The highest BCUT2D eigenvalue weighted by atomic mass is 16.1. The number of anilines is 2. The van der Waals surface area contributed by atoms with Gasteiger partial charge in [-0.1, -0.05) is 42.5 Å². The first-order chi connectivity index (χ1) is 11.7. The largest absolute Gasteiger partial charge is 0.354 e. The molecule has 0 saturated carbocycles. The highest BCUT2D eigenvalue weighted by Crippen LogP contribution is 2.30. The molecule has 0 aliphatic rings. The molecule has 2 N–H and O–H groups in total. The smallest absolute Gasteiger partial charge is 0.255 e. The van der Waals surface area contributed by atoms with Crippen LogP contribution in [-0.4, -0.2) is 17.4 Å². The van der Waals surface area contributed by atoms with Gasteiger partial charge in [0.2, 0.25) is 0 Å².